The number of hydrogen-bond donors (Lipinski definition) is 2. The molecule has 1 aromatic heterocycles. The Hall–Kier alpha value is -2.49. The number of carbonyl (C=O) groups is 3. The molecule has 4 rings (SSSR count). The highest BCUT2D eigenvalue weighted by Gasteiger charge is 2.46. The molecule has 0 fully saturated rings. The van der Waals surface area contributed by atoms with E-state index in [1.807, 2.05) is 30.9 Å². The molecule has 9 heteroatoms. The number of halogens is 1. The highest BCUT2D eigenvalue weighted by molar-refractivity contribution is 9.10. The third-order valence-corrected chi connectivity index (χ3v) is 8.29. The standard InChI is InChI=1S/C25H32BrN5O3/c1-5-30(6-2)23(33)14-10-17-15-8-7-9-19-21(15)16(12-25(17,3)29(4)13-14)22(26)31(19)24(34)18(27)11-20(28)32/h7-10,14,18H,5-6,11-13,27H2,1-4H3,(H2,28,32)/t14-,18+,25-/m1/s1. The number of nitrogens with two attached hydrogens (primary N) is 2. The summed E-state index contributed by atoms with van der Waals surface area (Å²) in [5.41, 5.74) is 14.8. The number of primary amides is 1. The molecule has 1 aliphatic carbocycles. The van der Waals surface area contributed by atoms with E-state index >= 15 is 0 Å². The molecular formula is C25H32BrN5O3. The van der Waals surface area contributed by atoms with E-state index < -0.39 is 11.9 Å². The van der Waals surface area contributed by atoms with E-state index in [-0.39, 0.29) is 29.7 Å². The first-order chi connectivity index (χ1) is 16.0. The number of likely N-dealkylation sites (N-methyl/N-ethyl adjacent to an activating group) is 1. The number of fused-ring (bicyclic) bond motifs is 2. The van der Waals surface area contributed by atoms with Gasteiger partial charge in [0.1, 0.15) is 0 Å². The van der Waals surface area contributed by atoms with Crippen LogP contribution in [0.3, 0.4) is 0 Å². The third-order valence-electron chi connectivity index (χ3n) is 7.45. The van der Waals surface area contributed by atoms with E-state index in [0.717, 1.165) is 27.6 Å². The molecule has 4 N–H and O–H groups in total. The van der Waals surface area contributed by atoms with Crippen LogP contribution < -0.4 is 11.5 Å². The van der Waals surface area contributed by atoms with Gasteiger partial charge in [-0.05, 0) is 72.9 Å². The molecule has 1 aromatic carbocycles. The number of benzene rings is 1. The molecule has 0 unspecified atom stereocenters. The van der Waals surface area contributed by atoms with E-state index in [1.165, 1.54) is 0 Å². The lowest BCUT2D eigenvalue weighted by atomic mass is 9.71. The molecule has 182 valence electrons. The zero-order chi connectivity index (χ0) is 24.9. The van der Waals surface area contributed by atoms with Crippen molar-refractivity contribution in [1.82, 2.24) is 14.4 Å². The van der Waals surface area contributed by atoms with Crippen molar-refractivity contribution in [1.29, 1.82) is 0 Å². The highest BCUT2D eigenvalue weighted by Crippen LogP contribution is 2.49. The van der Waals surface area contributed by atoms with Gasteiger partial charge in [0.25, 0.3) is 0 Å². The molecule has 2 amide bonds. The number of carbonyl (C=O) groups excluding carboxylic acids is 3. The second kappa shape index (κ2) is 8.94. The van der Waals surface area contributed by atoms with Gasteiger partial charge in [0.05, 0.1) is 28.5 Å². The van der Waals surface area contributed by atoms with Crippen LogP contribution in [0.15, 0.2) is 28.9 Å². The lowest BCUT2D eigenvalue weighted by Crippen LogP contribution is -2.54. The fourth-order valence-corrected chi connectivity index (χ4v) is 6.17. The van der Waals surface area contributed by atoms with Crippen LogP contribution in [0.2, 0.25) is 0 Å². The van der Waals surface area contributed by atoms with Crippen molar-refractivity contribution in [2.75, 3.05) is 26.7 Å². The molecule has 0 saturated heterocycles. The number of amides is 2. The summed E-state index contributed by atoms with van der Waals surface area (Å²) in [5, 5.41) is 0.974. The van der Waals surface area contributed by atoms with Crippen molar-refractivity contribution < 1.29 is 14.4 Å². The van der Waals surface area contributed by atoms with Crippen LogP contribution in [0, 0.1) is 5.92 Å². The third kappa shape index (κ3) is 3.70. The smallest absolute Gasteiger partial charge is 0.249 e. The molecule has 2 heterocycles. The van der Waals surface area contributed by atoms with Gasteiger partial charge < -0.3 is 16.4 Å². The summed E-state index contributed by atoms with van der Waals surface area (Å²) in [7, 11) is 2.06. The molecule has 2 aromatic rings. The minimum Gasteiger partial charge on any atom is -0.370 e. The summed E-state index contributed by atoms with van der Waals surface area (Å²) >= 11 is 3.66. The van der Waals surface area contributed by atoms with Gasteiger partial charge in [-0.3, -0.25) is 23.9 Å². The van der Waals surface area contributed by atoms with Crippen LogP contribution in [0.25, 0.3) is 16.5 Å². The molecule has 0 spiro atoms. The number of hydrogen-bond acceptors (Lipinski definition) is 5. The fourth-order valence-electron chi connectivity index (χ4n) is 5.47. The fraction of sp³-hybridized carbons (Fsp3) is 0.480. The molecule has 34 heavy (non-hydrogen) atoms. The molecule has 8 nitrogen and oxygen atoms in total. The van der Waals surface area contributed by atoms with Crippen LogP contribution >= 0.6 is 15.9 Å². The molecule has 0 saturated carbocycles. The summed E-state index contributed by atoms with van der Waals surface area (Å²) in [6.07, 6.45) is 2.58. The average molecular weight is 530 g/mol. The van der Waals surface area contributed by atoms with Gasteiger partial charge in [-0.1, -0.05) is 18.2 Å². The van der Waals surface area contributed by atoms with Crippen LogP contribution in [0.4, 0.5) is 0 Å². The summed E-state index contributed by atoms with van der Waals surface area (Å²) < 4.78 is 2.21. The topological polar surface area (TPSA) is 115 Å². The van der Waals surface area contributed by atoms with E-state index in [1.54, 1.807) is 4.57 Å². The second-order valence-electron chi connectivity index (χ2n) is 9.45. The minimum absolute atomic E-state index is 0.135. The van der Waals surface area contributed by atoms with Gasteiger partial charge in [-0.2, -0.15) is 0 Å². The molecular weight excluding hydrogens is 498 g/mol. The Kier molecular flexibility index (Phi) is 6.48. The predicted molar refractivity (Wildman–Crippen MR) is 136 cm³/mol. The Balaban J connectivity index is 1.89. The molecule has 0 radical (unpaired) electrons. The summed E-state index contributed by atoms with van der Waals surface area (Å²) in [6.45, 7) is 8.17. The molecule has 0 bridgehead atoms. The van der Waals surface area contributed by atoms with Crippen molar-refractivity contribution in [3.8, 4) is 0 Å². The van der Waals surface area contributed by atoms with E-state index in [9.17, 15) is 14.4 Å². The van der Waals surface area contributed by atoms with E-state index in [0.29, 0.717) is 30.7 Å². The largest absolute Gasteiger partial charge is 0.370 e. The van der Waals surface area contributed by atoms with Gasteiger partial charge in [0.2, 0.25) is 17.7 Å². The van der Waals surface area contributed by atoms with Crippen LogP contribution in [0.1, 0.15) is 43.1 Å². The van der Waals surface area contributed by atoms with E-state index in [4.69, 9.17) is 11.5 Å². The first kappa shape index (κ1) is 24.6. The lowest BCUT2D eigenvalue weighted by Gasteiger charge is -2.48. The summed E-state index contributed by atoms with van der Waals surface area (Å²) in [6, 6.07) is 4.82. The number of nitrogens with zero attached hydrogens (tertiary/aromatic N) is 3. The van der Waals surface area contributed by atoms with Gasteiger partial charge in [-0.25, -0.2) is 0 Å². The minimum atomic E-state index is -1.03. The van der Waals surface area contributed by atoms with Crippen LogP contribution in [0.5, 0.6) is 0 Å². The Morgan fingerprint density at radius 1 is 1.26 bits per heavy atom. The van der Waals surface area contributed by atoms with Crippen molar-refractivity contribution >= 4 is 50.1 Å². The number of rotatable bonds is 6. The summed E-state index contributed by atoms with van der Waals surface area (Å²) in [5.74, 6) is -1.10. The van der Waals surface area contributed by atoms with Crippen molar-refractivity contribution in [2.45, 2.75) is 45.2 Å². The maximum atomic E-state index is 13.2. The van der Waals surface area contributed by atoms with Gasteiger partial charge >= 0.3 is 0 Å². The average Bonchev–Trinajstić information content (AvgIpc) is 3.06. The van der Waals surface area contributed by atoms with E-state index in [2.05, 4.69) is 46.9 Å². The first-order valence-corrected chi connectivity index (χ1v) is 12.5. The Bertz CT molecular complexity index is 1210. The zero-order valence-corrected chi connectivity index (χ0v) is 21.7. The number of aromatic nitrogens is 1. The van der Waals surface area contributed by atoms with Crippen molar-refractivity contribution in [3.05, 3.63) is 40.0 Å². The van der Waals surface area contributed by atoms with Gasteiger partial charge in [-0.15, -0.1) is 0 Å². The maximum Gasteiger partial charge on any atom is 0.249 e. The molecule has 3 atom stereocenters. The lowest BCUT2D eigenvalue weighted by molar-refractivity contribution is -0.134. The molecule has 1 aliphatic heterocycles. The quantitative estimate of drug-likeness (QED) is 0.596. The highest BCUT2D eigenvalue weighted by atomic mass is 79.9. The summed E-state index contributed by atoms with van der Waals surface area (Å²) in [4.78, 5) is 42.0. The Morgan fingerprint density at radius 2 is 1.94 bits per heavy atom. The zero-order valence-electron chi connectivity index (χ0n) is 20.1. The Labute approximate surface area is 208 Å². The van der Waals surface area contributed by atoms with Crippen molar-refractivity contribution in [2.24, 2.45) is 17.4 Å². The SMILES string of the molecule is CCN(CC)C(=O)[C@@H]1C=C2c3cccc4c3c(c(Br)n4C(=O)[C@@H](N)CC(N)=O)C[C@@]2(C)N(C)C1. The monoisotopic (exact) mass is 529 g/mol. The van der Waals surface area contributed by atoms with Gasteiger partial charge in [0.15, 0.2) is 0 Å². The maximum absolute atomic E-state index is 13.2. The first-order valence-electron chi connectivity index (χ1n) is 11.7. The Morgan fingerprint density at radius 3 is 2.56 bits per heavy atom. The van der Waals surface area contributed by atoms with Crippen LogP contribution in [-0.2, 0) is 16.0 Å². The molecule has 2 aliphatic rings. The van der Waals surface area contributed by atoms with Crippen molar-refractivity contribution in [3.63, 3.8) is 0 Å². The van der Waals surface area contributed by atoms with Crippen LogP contribution in [-0.4, -0.2) is 70.4 Å². The second-order valence-corrected chi connectivity index (χ2v) is 10.2. The van der Waals surface area contributed by atoms with Gasteiger partial charge in [0, 0.05) is 30.6 Å². The predicted octanol–water partition coefficient (Wildman–Crippen LogP) is 2.37. The normalized spacial score (nSPS) is 22.8.